The summed E-state index contributed by atoms with van der Waals surface area (Å²) >= 11 is 0. The third kappa shape index (κ3) is 4.19. The Hall–Kier alpha value is -2.80. The van der Waals surface area contributed by atoms with Crippen LogP contribution < -0.4 is 10.1 Å². The third-order valence-electron chi connectivity index (χ3n) is 4.92. The van der Waals surface area contributed by atoms with Gasteiger partial charge >= 0.3 is 0 Å². The van der Waals surface area contributed by atoms with Crippen LogP contribution in [0.1, 0.15) is 36.8 Å². The van der Waals surface area contributed by atoms with Crippen LogP contribution in [-0.4, -0.2) is 19.1 Å². The van der Waals surface area contributed by atoms with Gasteiger partial charge in [-0.1, -0.05) is 43.2 Å². The molecule has 0 aliphatic heterocycles. The number of nitriles is 1. The van der Waals surface area contributed by atoms with Gasteiger partial charge in [0.25, 0.3) is 5.91 Å². The quantitative estimate of drug-likeness (QED) is 0.878. The third-order valence-corrected chi connectivity index (χ3v) is 4.92. The van der Waals surface area contributed by atoms with Crippen LogP contribution in [-0.2, 0) is 10.2 Å². The molecular weight excluding hydrogens is 312 g/mol. The van der Waals surface area contributed by atoms with Gasteiger partial charge in [-0.15, -0.1) is 0 Å². The van der Waals surface area contributed by atoms with Gasteiger partial charge in [0, 0.05) is 12.0 Å². The molecule has 1 amide bonds. The fourth-order valence-electron chi connectivity index (χ4n) is 3.50. The highest BCUT2D eigenvalue weighted by molar-refractivity contribution is 5.77. The van der Waals surface area contributed by atoms with Crippen molar-refractivity contribution in [1.82, 2.24) is 5.32 Å². The molecule has 0 atom stereocenters. The summed E-state index contributed by atoms with van der Waals surface area (Å²) in [5, 5.41) is 11.8. The molecule has 0 heterocycles. The Labute approximate surface area is 148 Å². The molecule has 4 heteroatoms. The predicted octanol–water partition coefficient (Wildman–Crippen LogP) is 3.57. The first-order valence-electron chi connectivity index (χ1n) is 8.67. The van der Waals surface area contributed by atoms with E-state index < -0.39 is 0 Å². The summed E-state index contributed by atoms with van der Waals surface area (Å²) in [4.78, 5) is 12.2. The molecule has 0 spiro atoms. The van der Waals surface area contributed by atoms with E-state index >= 15 is 0 Å². The molecule has 1 aliphatic rings. The first-order valence-corrected chi connectivity index (χ1v) is 8.67. The molecule has 1 N–H and O–H groups in total. The molecule has 1 saturated carbocycles. The van der Waals surface area contributed by atoms with Crippen LogP contribution in [0, 0.1) is 11.3 Å². The summed E-state index contributed by atoms with van der Waals surface area (Å²) in [6.45, 7) is 0.628. The number of ether oxygens (including phenoxy) is 1. The summed E-state index contributed by atoms with van der Waals surface area (Å²) in [5.74, 6) is 0.472. The number of benzene rings is 2. The van der Waals surface area contributed by atoms with Crippen molar-refractivity contribution < 1.29 is 9.53 Å². The first kappa shape index (κ1) is 17.0. The van der Waals surface area contributed by atoms with Gasteiger partial charge in [0.2, 0.25) is 0 Å². The highest BCUT2D eigenvalue weighted by Gasteiger charge is 2.35. The van der Waals surface area contributed by atoms with Gasteiger partial charge < -0.3 is 10.1 Å². The van der Waals surface area contributed by atoms with Crippen molar-refractivity contribution in [2.45, 2.75) is 31.1 Å². The molecule has 25 heavy (non-hydrogen) atoms. The van der Waals surface area contributed by atoms with E-state index in [0.717, 1.165) is 12.8 Å². The van der Waals surface area contributed by atoms with Gasteiger partial charge in [-0.25, -0.2) is 0 Å². The average Bonchev–Trinajstić information content (AvgIpc) is 3.16. The Morgan fingerprint density at radius 1 is 1.08 bits per heavy atom. The zero-order valence-corrected chi connectivity index (χ0v) is 14.2. The van der Waals surface area contributed by atoms with E-state index in [4.69, 9.17) is 10.00 Å². The van der Waals surface area contributed by atoms with Crippen LogP contribution in [0.25, 0.3) is 0 Å². The van der Waals surface area contributed by atoms with Crippen LogP contribution in [0.2, 0.25) is 0 Å². The predicted molar refractivity (Wildman–Crippen MR) is 96.2 cm³/mol. The Morgan fingerprint density at radius 3 is 2.40 bits per heavy atom. The number of amides is 1. The van der Waals surface area contributed by atoms with Gasteiger partial charge in [-0.2, -0.15) is 5.26 Å². The van der Waals surface area contributed by atoms with E-state index in [1.165, 1.54) is 18.4 Å². The second kappa shape index (κ2) is 7.85. The van der Waals surface area contributed by atoms with E-state index in [1.807, 2.05) is 6.07 Å². The Balaban J connectivity index is 1.54. The van der Waals surface area contributed by atoms with Crippen LogP contribution in [0.3, 0.4) is 0 Å². The summed E-state index contributed by atoms with van der Waals surface area (Å²) in [5.41, 5.74) is 1.93. The lowest BCUT2D eigenvalue weighted by molar-refractivity contribution is -0.123. The van der Waals surface area contributed by atoms with Crippen LogP contribution in [0.15, 0.2) is 54.6 Å². The zero-order valence-electron chi connectivity index (χ0n) is 14.2. The minimum atomic E-state index is -0.119. The maximum absolute atomic E-state index is 12.2. The standard InChI is InChI=1S/C21H22N2O2/c22-14-17-8-10-19(11-9-17)25-15-20(24)23-16-21(12-4-5-13-21)18-6-2-1-3-7-18/h1-3,6-11H,4-5,12-13,15-16H2,(H,23,24). The van der Waals surface area contributed by atoms with Crippen LogP contribution >= 0.6 is 0 Å². The SMILES string of the molecule is N#Cc1ccc(OCC(=O)NCC2(c3ccccc3)CCCC2)cc1. The fraction of sp³-hybridized carbons (Fsp3) is 0.333. The maximum atomic E-state index is 12.2. The average molecular weight is 334 g/mol. The second-order valence-corrected chi connectivity index (χ2v) is 6.56. The number of hydrogen-bond acceptors (Lipinski definition) is 3. The first-order chi connectivity index (χ1) is 12.2. The lowest BCUT2D eigenvalue weighted by Gasteiger charge is -2.30. The lowest BCUT2D eigenvalue weighted by atomic mass is 9.79. The molecule has 0 unspecified atom stereocenters. The van der Waals surface area contributed by atoms with E-state index in [0.29, 0.717) is 17.9 Å². The van der Waals surface area contributed by atoms with Gasteiger partial charge in [-0.3, -0.25) is 4.79 Å². The van der Waals surface area contributed by atoms with Crippen molar-refractivity contribution in [3.05, 3.63) is 65.7 Å². The molecule has 2 aromatic carbocycles. The minimum Gasteiger partial charge on any atom is -0.484 e. The monoisotopic (exact) mass is 334 g/mol. The van der Waals surface area contributed by atoms with Crippen molar-refractivity contribution in [2.75, 3.05) is 13.2 Å². The highest BCUT2D eigenvalue weighted by atomic mass is 16.5. The molecule has 4 nitrogen and oxygen atoms in total. The van der Waals surface area contributed by atoms with Crippen molar-refractivity contribution >= 4 is 5.91 Å². The normalized spacial score (nSPS) is 15.3. The highest BCUT2D eigenvalue weighted by Crippen LogP contribution is 2.40. The smallest absolute Gasteiger partial charge is 0.257 e. The summed E-state index contributed by atoms with van der Waals surface area (Å²) < 4.78 is 5.50. The number of carbonyl (C=O) groups excluding carboxylic acids is 1. The van der Waals surface area contributed by atoms with Crippen molar-refractivity contribution in [1.29, 1.82) is 5.26 Å². The summed E-state index contributed by atoms with van der Waals surface area (Å²) in [6, 6.07) is 19.3. The number of carbonyl (C=O) groups is 1. The van der Waals surface area contributed by atoms with E-state index in [9.17, 15) is 4.79 Å². The Bertz CT molecular complexity index is 742. The topological polar surface area (TPSA) is 62.1 Å². The molecule has 0 aromatic heterocycles. The van der Waals surface area contributed by atoms with Gasteiger partial charge in [0.05, 0.1) is 11.6 Å². The van der Waals surface area contributed by atoms with Crippen molar-refractivity contribution in [2.24, 2.45) is 0 Å². The molecule has 128 valence electrons. The summed E-state index contributed by atoms with van der Waals surface area (Å²) in [6.07, 6.45) is 4.61. The van der Waals surface area contributed by atoms with Gasteiger partial charge in [0.1, 0.15) is 5.75 Å². The molecule has 1 aliphatic carbocycles. The number of rotatable bonds is 6. The van der Waals surface area contributed by atoms with Crippen molar-refractivity contribution in [3.8, 4) is 11.8 Å². The lowest BCUT2D eigenvalue weighted by Crippen LogP contribution is -2.40. The molecule has 2 aromatic rings. The maximum Gasteiger partial charge on any atom is 0.257 e. The molecule has 0 bridgehead atoms. The number of hydrogen-bond donors (Lipinski definition) is 1. The minimum absolute atomic E-state index is 0.0171. The second-order valence-electron chi connectivity index (χ2n) is 6.56. The fourth-order valence-corrected chi connectivity index (χ4v) is 3.50. The van der Waals surface area contributed by atoms with E-state index in [-0.39, 0.29) is 17.9 Å². The molecule has 1 fully saturated rings. The molecule has 3 rings (SSSR count). The molecular formula is C21H22N2O2. The van der Waals surface area contributed by atoms with E-state index in [1.54, 1.807) is 24.3 Å². The van der Waals surface area contributed by atoms with Gasteiger partial charge in [-0.05, 0) is 42.7 Å². The largest absolute Gasteiger partial charge is 0.484 e. The molecule has 0 saturated heterocycles. The zero-order chi connectivity index (χ0) is 17.5. The van der Waals surface area contributed by atoms with Crippen LogP contribution in [0.4, 0.5) is 0 Å². The Kier molecular flexibility index (Phi) is 5.35. The summed E-state index contributed by atoms with van der Waals surface area (Å²) in [7, 11) is 0. The number of nitrogens with zero attached hydrogens (tertiary/aromatic N) is 1. The Morgan fingerprint density at radius 2 is 1.76 bits per heavy atom. The molecule has 0 radical (unpaired) electrons. The van der Waals surface area contributed by atoms with E-state index in [2.05, 4.69) is 35.7 Å². The van der Waals surface area contributed by atoms with Crippen LogP contribution in [0.5, 0.6) is 5.75 Å². The van der Waals surface area contributed by atoms with Gasteiger partial charge in [0.15, 0.2) is 6.61 Å². The number of nitrogens with one attached hydrogen (secondary N) is 1. The van der Waals surface area contributed by atoms with Crippen molar-refractivity contribution in [3.63, 3.8) is 0 Å².